The van der Waals surface area contributed by atoms with Gasteiger partial charge in [-0.1, -0.05) is 64.1 Å². The number of urea groups is 1. The highest BCUT2D eigenvalue weighted by Gasteiger charge is 2.33. The van der Waals surface area contributed by atoms with Gasteiger partial charge >= 0.3 is 18.0 Å². The van der Waals surface area contributed by atoms with Crippen LogP contribution in [0.5, 0.6) is 5.75 Å². The van der Waals surface area contributed by atoms with Crippen molar-refractivity contribution < 1.29 is 52.9 Å². The van der Waals surface area contributed by atoms with Crippen molar-refractivity contribution in [3.8, 4) is 5.75 Å². The molecule has 3 atom stereocenters. The van der Waals surface area contributed by atoms with Gasteiger partial charge in [0.25, 0.3) is 0 Å². The van der Waals surface area contributed by atoms with E-state index in [0.29, 0.717) is 36.5 Å². The van der Waals surface area contributed by atoms with Gasteiger partial charge in [0.1, 0.15) is 19.0 Å². The van der Waals surface area contributed by atoms with E-state index in [-0.39, 0.29) is 69.3 Å². The van der Waals surface area contributed by atoms with E-state index < -0.39 is 58.4 Å². The van der Waals surface area contributed by atoms with Gasteiger partial charge in [0.15, 0.2) is 11.6 Å². The maximum Gasteiger partial charge on any atom is 0.312 e. The average molecular weight is 825 g/mol. The lowest BCUT2D eigenvalue weighted by molar-refractivity contribution is -0.154. The summed E-state index contributed by atoms with van der Waals surface area (Å²) in [5.74, 6) is -3.75. The zero-order valence-corrected chi connectivity index (χ0v) is 35.8. The maximum atomic E-state index is 14.1. The molecular formula is C44H64N4O11. The van der Waals surface area contributed by atoms with E-state index in [2.05, 4.69) is 16.0 Å². The number of carbonyl (C=O) groups excluding carboxylic acids is 6. The maximum absolute atomic E-state index is 14.1. The summed E-state index contributed by atoms with van der Waals surface area (Å²) in [6.07, 6.45) is -0.0733. The van der Waals surface area contributed by atoms with Gasteiger partial charge < -0.3 is 41.0 Å². The summed E-state index contributed by atoms with van der Waals surface area (Å²) in [4.78, 5) is 90.0. The minimum atomic E-state index is -1.05. The molecule has 0 saturated heterocycles. The average Bonchev–Trinajstić information content (AvgIpc) is 3.13. The molecule has 0 aliphatic heterocycles. The Bertz CT molecular complexity index is 1720. The Morgan fingerprint density at radius 2 is 1.39 bits per heavy atom. The van der Waals surface area contributed by atoms with Crippen LogP contribution in [0.1, 0.15) is 97.3 Å². The highest BCUT2D eigenvalue weighted by atomic mass is 16.5. The first-order valence-electron chi connectivity index (χ1n) is 20.0. The number of Topliss-reactive ketones (excluding diaryl/α,β-unsaturated/α-hetero) is 2. The van der Waals surface area contributed by atoms with Gasteiger partial charge in [-0.05, 0) is 80.2 Å². The summed E-state index contributed by atoms with van der Waals surface area (Å²) >= 11 is 0. The molecule has 0 spiro atoms. The predicted octanol–water partition coefficient (Wildman–Crippen LogP) is 4.70. The van der Waals surface area contributed by atoms with Crippen molar-refractivity contribution >= 4 is 41.4 Å². The van der Waals surface area contributed by atoms with Crippen LogP contribution >= 0.6 is 0 Å². The first-order chi connectivity index (χ1) is 27.6. The fourth-order valence-corrected chi connectivity index (χ4v) is 6.14. The molecule has 0 heterocycles. The lowest BCUT2D eigenvalue weighted by Crippen LogP contribution is -2.48. The van der Waals surface area contributed by atoms with Crippen LogP contribution in [0.15, 0.2) is 48.5 Å². The van der Waals surface area contributed by atoms with Crippen LogP contribution in [0, 0.1) is 22.7 Å². The number of carbonyl (C=O) groups is 7. The minimum Gasteiger partial charge on any atom is -0.491 e. The van der Waals surface area contributed by atoms with Crippen molar-refractivity contribution in [1.29, 1.82) is 0 Å². The number of carboxylic acids is 1. The third-order valence-electron chi connectivity index (χ3n) is 9.53. The topological polar surface area (TPSA) is 230 Å². The Labute approximate surface area is 347 Å². The van der Waals surface area contributed by atoms with E-state index in [0.717, 1.165) is 5.56 Å². The van der Waals surface area contributed by atoms with Crippen LogP contribution < -0.4 is 26.4 Å². The monoisotopic (exact) mass is 824 g/mol. The summed E-state index contributed by atoms with van der Waals surface area (Å²) in [5, 5.41) is 17.5. The van der Waals surface area contributed by atoms with Crippen molar-refractivity contribution in [1.82, 2.24) is 16.0 Å². The van der Waals surface area contributed by atoms with Gasteiger partial charge in [-0.3, -0.25) is 28.8 Å². The number of nitrogens with two attached hydrogens (primary N) is 1. The quantitative estimate of drug-likeness (QED) is 0.0645. The Morgan fingerprint density at radius 1 is 0.780 bits per heavy atom. The van der Waals surface area contributed by atoms with E-state index >= 15 is 0 Å². The van der Waals surface area contributed by atoms with Crippen LogP contribution in [-0.4, -0.2) is 85.4 Å². The number of esters is 1. The number of amides is 4. The number of nitrogens with one attached hydrogen (secondary N) is 3. The number of aliphatic carboxylic acids is 1. The fourth-order valence-electron chi connectivity index (χ4n) is 6.14. The van der Waals surface area contributed by atoms with E-state index in [1.165, 1.54) is 0 Å². The first kappa shape index (κ1) is 49.8. The van der Waals surface area contributed by atoms with E-state index in [1.807, 2.05) is 0 Å². The molecule has 0 aromatic heterocycles. The normalized spacial score (nSPS) is 13.1. The minimum absolute atomic E-state index is 0.0237. The molecule has 0 aliphatic rings. The number of carboxylic acid groups (broad SMARTS) is 1. The standard InChI is InChI=1S/C44H64N4O11/c1-28(2)33(24-37(50)35(47-38(51)25-44(6,7)26-39(52)53)22-29-15-17-32(18-16-29)58-21-20-57-8)40(54)48-34(10-9-19-46-42(45)56)36(49)23-30-11-13-31(14-12-30)27-59-41(55)43(3,4)5/h11-18,28,33-35H,9-10,19-27H2,1-8H3,(H,47,51)(H,48,54)(H,52,53)(H3,45,46,56)/t33-,34-,35-/m0/s1. The zero-order valence-electron chi connectivity index (χ0n) is 35.8. The van der Waals surface area contributed by atoms with Crippen LogP contribution in [0.2, 0.25) is 0 Å². The molecule has 0 bridgehead atoms. The summed E-state index contributed by atoms with van der Waals surface area (Å²) in [6, 6.07) is 11.3. The molecular weight excluding hydrogens is 761 g/mol. The largest absolute Gasteiger partial charge is 0.491 e. The summed E-state index contributed by atoms with van der Waals surface area (Å²) in [7, 11) is 1.57. The number of primary amides is 1. The summed E-state index contributed by atoms with van der Waals surface area (Å²) in [6.45, 7) is 13.2. The number of benzene rings is 2. The zero-order chi connectivity index (χ0) is 44.3. The number of hydrogen-bond acceptors (Lipinski definition) is 10. The Balaban J connectivity index is 2.28. The molecule has 326 valence electrons. The molecule has 15 nitrogen and oxygen atoms in total. The number of ether oxygens (including phenoxy) is 3. The van der Waals surface area contributed by atoms with E-state index in [9.17, 15) is 38.7 Å². The molecule has 15 heteroatoms. The molecule has 0 fully saturated rings. The molecule has 4 amide bonds. The van der Waals surface area contributed by atoms with Crippen LogP contribution in [-0.2, 0) is 57.7 Å². The molecule has 0 unspecified atom stereocenters. The van der Waals surface area contributed by atoms with Crippen LogP contribution in [0.3, 0.4) is 0 Å². The second-order valence-electron chi connectivity index (χ2n) is 17.0. The van der Waals surface area contributed by atoms with Crippen LogP contribution in [0.4, 0.5) is 4.79 Å². The number of hydrogen-bond donors (Lipinski definition) is 5. The second kappa shape index (κ2) is 23.9. The van der Waals surface area contributed by atoms with E-state index in [4.69, 9.17) is 19.9 Å². The second-order valence-corrected chi connectivity index (χ2v) is 17.0. The van der Waals surface area contributed by atoms with Crippen molar-refractivity contribution in [2.45, 2.75) is 112 Å². The lowest BCUT2D eigenvalue weighted by Gasteiger charge is -2.27. The Kier molecular flexibility index (Phi) is 20.2. The SMILES string of the molecule is COCCOc1ccc(C[C@H](NC(=O)CC(C)(C)CC(=O)O)C(=O)C[C@H](C(=O)N[C@@H](CCCNC(N)=O)C(=O)Cc2ccc(COC(=O)C(C)(C)C)cc2)C(C)C)cc1. The molecule has 2 aromatic carbocycles. The van der Waals surface area contributed by atoms with Gasteiger partial charge in [0, 0.05) is 38.8 Å². The lowest BCUT2D eigenvalue weighted by atomic mass is 9.84. The Morgan fingerprint density at radius 3 is 1.95 bits per heavy atom. The molecule has 0 radical (unpaired) electrons. The molecule has 0 saturated carbocycles. The van der Waals surface area contributed by atoms with Gasteiger partial charge in [0.2, 0.25) is 11.8 Å². The molecule has 0 aliphatic carbocycles. The molecule has 2 rings (SSSR count). The molecule has 59 heavy (non-hydrogen) atoms. The number of methoxy groups -OCH3 is 1. The Hall–Kier alpha value is -5.31. The van der Waals surface area contributed by atoms with Crippen molar-refractivity contribution in [3.05, 3.63) is 65.2 Å². The van der Waals surface area contributed by atoms with Crippen molar-refractivity contribution in [3.63, 3.8) is 0 Å². The van der Waals surface area contributed by atoms with Crippen molar-refractivity contribution in [2.75, 3.05) is 26.9 Å². The number of rotatable bonds is 26. The van der Waals surface area contributed by atoms with E-state index in [1.54, 1.807) is 104 Å². The highest BCUT2D eigenvalue weighted by Crippen LogP contribution is 2.26. The van der Waals surface area contributed by atoms with Gasteiger partial charge in [0.05, 0.1) is 30.5 Å². The molecule has 6 N–H and O–H groups in total. The van der Waals surface area contributed by atoms with Gasteiger partial charge in [-0.15, -0.1) is 0 Å². The fraction of sp³-hybridized carbons (Fsp3) is 0.568. The van der Waals surface area contributed by atoms with Crippen LogP contribution in [0.25, 0.3) is 0 Å². The number of ketones is 2. The predicted molar refractivity (Wildman–Crippen MR) is 221 cm³/mol. The summed E-state index contributed by atoms with van der Waals surface area (Å²) in [5.41, 5.74) is 5.82. The molecule has 2 aromatic rings. The van der Waals surface area contributed by atoms with Gasteiger partial charge in [-0.2, -0.15) is 0 Å². The first-order valence-corrected chi connectivity index (χ1v) is 20.0. The summed E-state index contributed by atoms with van der Waals surface area (Å²) < 4.78 is 16.1. The van der Waals surface area contributed by atoms with Gasteiger partial charge in [-0.25, -0.2) is 4.79 Å². The third-order valence-corrected chi connectivity index (χ3v) is 9.53. The smallest absolute Gasteiger partial charge is 0.312 e. The van der Waals surface area contributed by atoms with Crippen molar-refractivity contribution in [2.24, 2.45) is 28.4 Å². The third kappa shape index (κ3) is 19.3. The highest BCUT2D eigenvalue weighted by molar-refractivity contribution is 5.95.